The first kappa shape index (κ1) is 16.7. The molecule has 3 aromatic carbocycles. The minimum absolute atomic E-state index is 0.311. The molecule has 5 nitrogen and oxygen atoms in total. The molecule has 0 spiro atoms. The van der Waals surface area contributed by atoms with Gasteiger partial charge in [0.15, 0.2) is 6.10 Å². The number of amides is 1. The number of carbonyl (C=O) groups excluding carboxylic acids is 1. The summed E-state index contributed by atoms with van der Waals surface area (Å²) in [5.41, 5.74) is 2.91. The molecule has 0 aliphatic rings. The van der Waals surface area contributed by atoms with Crippen LogP contribution in [0.1, 0.15) is 12.5 Å². The monoisotopic (exact) mass is 355 g/mol. The predicted octanol–water partition coefficient (Wildman–Crippen LogP) is 4.60. The molecule has 2 N–H and O–H groups in total. The Balaban J connectivity index is 1.53. The summed E-state index contributed by atoms with van der Waals surface area (Å²) in [6.07, 6.45) is -0.710. The first-order chi connectivity index (χ1) is 13.2. The van der Waals surface area contributed by atoms with Gasteiger partial charge in [-0.3, -0.25) is 4.79 Å². The zero-order chi connectivity index (χ0) is 18.8. The molecule has 132 valence electrons. The molecule has 27 heavy (non-hydrogen) atoms. The smallest absolute Gasteiger partial charge is 0.265 e. The SMILES string of the molecule is C[C@@H](Oc1ccc2c(c1)[nH]c1ccccc12)C(=O)Nc1ccccc1C#N. The van der Waals surface area contributed by atoms with Crippen molar-refractivity contribution >= 4 is 33.4 Å². The summed E-state index contributed by atoms with van der Waals surface area (Å²) >= 11 is 0. The molecule has 0 aliphatic heterocycles. The lowest BCUT2D eigenvalue weighted by atomic mass is 10.1. The van der Waals surface area contributed by atoms with E-state index < -0.39 is 6.10 Å². The number of aromatic nitrogens is 1. The predicted molar refractivity (Wildman–Crippen MR) is 106 cm³/mol. The fourth-order valence-electron chi connectivity index (χ4n) is 3.09. The topological polar surface area (TPSA) is 77.9 Å². The maximum Gasteiger partial charge on any atom is 0.265 e. The molecule has 0 fully saturated rings. The van der Waals surface area contributed by atoms with Gasteiger partial charge in [-0.1, -0.05) is 30.3 Å². The highest BCUT2D eigenvalue weighted by Crippen LogP contribution is 2.28. The van der Waals surface area contributed by atoms with E-state index in [1.165, 1.54) is 0 Å². The summed E-state index contributed by atoms with van der Waals surface area (Å²) in [7, 11) is 0. The number of H-pyrrole nitrogens is 1. The quantitative estimate of drug-likeness (QED) is 0.562. The molecule has 0 saturated heterocycles. The van der Waals surface area contributed by atoms with Gasteiger partial charge in [0, 0.05) is 22.4 Å². The van der Waals surface area contributed by atoms with Crippen LogP contribution in [0, 0.1) is 11.3 Å². The number of hydrogen-bond acceptors (Lipinski definition) is 3. The molecule has 5 heteroatoms. The van der Waals surface area contributed by atoms with E-state index in [4.69, 9.17) is 10.00 Å². The van der Waals surface area contributed by atoms with Gasteiger partial charge in [-0.2, -0.15) is 5.26 Å². The second-order valence-corrected chi connectivity index (χ2v) is 6.28. The van der Waals surface area contributed by atoms with Crippen molar-refractivity contribution in [2.45, 2.75) is 13.0 Å². The van der Waals surface area contributed by atoms with Crippen molar-refractivity contribution in [2.75, 3.05) is 5.32 Å². The third kappa shape index (κ3) is 3.21. The Labute approximate surface area is 156 Å². The normalized spacial score (nSPS) is 11.9. The first-order valence-electron chi connectivity index (χ1n) is 8.63. The lowest BCUT2D eigenvalue weighted by Crippen LogP contribution is -2.30. The van der Waals surface area contributed by atoms with Crippen molar-refractivity contribution in [1.82, 2.24) is 4.98 Å². The van der Waals surface area contributed by atoms with Crippen molar-refractivity contribution in [3.63, 3.8) is 0 Å². The van der Waals surface area contributed by atoms with Crippen LogP contribution in [-0.4, -0.2) is 17.0 Å². The van der Waals surface area contributed by atoms with Crippen molar-refractivity contribution in [1.29, 1.82) is 5.26 Å². The van der Waals surface area contributed by atoms with Crippen LogP contribution in [0.2, 0.25) is 0 Å². The van der Waals surface area contributed by atoms with Gasteiger partial charge < -0.3 is 15.0 Å². The second-order valence-electron chi connectivity index (χ2n) is 6.28. The van der Waals surface area contributed by atoms with Crippen LogP contribution in [0.25, 0.3) is 21.8 Å². The van der Waals surface area contributed by atoms with Gasteiger partial charge in [0.2, 0.25) is 0 Å². The molecule has 1 amide bonds. The summed E-state index contributed by atoms with van der Waals surface area (Å²) in [6.45, 7) is 1.68. The Bertz CT molecular complexity index is 1190. The highest BCUT2D eigenvalue weighted by molar-refractivity contribution is 6.07. The Morgan fingerprint density at radius 3 is 2.63 bits per heavy atom. The van der Waals surface area contributed by atoms with Gasteiger partial charge in [0.1, 0.15) is 11.8 Å². The zero-order valence-electron chi connectivity index (χ0n) is 14.7. The summed E-state index contributed by atoms with van der Waals surface area (Å²) < 4.78 is 5.81. The van der Waals surface area contributed by atoms with Crippen LogP contribution in [-0.2, 0) is 4.79 Å². The first-order valence-corrected chi connectivity index (χ1v) is 8.63. The summed E-state index contributed by atoms with van der Waals surface area (Å²) in [5.74, 6) is 0.291. The van der Waals surface area contributed by atoms with Crippen LogP contribution in [0.5, 0.6) is 5.75 Å². The number of benzene rings is 3. The molecule has 4 rings (SSSR count). The molecular formula is C22H17N3O2. The summed E-state index contributed by atoms with van der Waals surface area (Å²) in [4.78, 5) is 15.8. The molecule has 0 unspecified atom stereocenters. The third-order valence-electron chi connectivity index (χ3n) is 4.47. The third-order valence-corrected chi connectivity index (χ3v) is 4.47. The van der Waals surface area contributed by atoms with E-state index in [9.17, 15) is 4.79 Å². The molecule has 1 heterocycles. The number of rotatable bonds is 4. The molecule has 0 aliphatic carbocycles. The van der Waals surface area contributed by atoms with E-state index in [1.54, 1.807) is 31.2 Å². The van der Waals surface area contributed by atoms with Crippen LogP contribution in [0.4, 0.5) is 5.69 Å². The number of hydrogen-bond donors (Lipinski definition) is 2. The number of para-hydroxylation sites is 2. The van der Waals surface area contributed by atoms with Crippen LogP contribution in [0.15, 0.2) is 66.7 Å². The fraction of sp³-hybridized carbons (Fsp3) is 0.0909. The van der Waals surface area contributed by atoms with E-state index >= 15 is 0 Å². The van der Waals surface area contributed by atoms with E-state index in [-0.39, 0.29) is 5.91 Å². The maximum absolute atomic E-state index is 12.4. The highest BCUT2D eigenvalue weighted by atomic mass is 16.5. The lowest BCUT2D eigenvalue weighted by molar-refractivity contribution is -0.122. The van der Waals surface area contributed by atoms with Crippen LogP contribution < -0.4 is 10.1 Å². The van der Waals surface area contributed by atoms with Gasteiger partial charge in [-0.25, -0.2) is 0 Å². The molecule has 0 radical (unpaired) electrons. The Hall–Kier alpha value is -3.78. The van der Waals surface area contributed by atoms with Crippen LogP contribution >= 0.6 is 0 Å². The van der Waals surface area contributed by atoms with Crippen molar-refractivity contribution in [3.05, 3.63) is 72.3 Å². The Kier molecular flexibility index (Phi) is 4.23. The van der Waals surface area contributed by atoms with Crippen molar-refractivity contribution in [3.8, 4) is 11.8 Å². The number of aromatic amines is 1. The number of ether oxygens (including phenoxy) is 1. The average molecular weight is 355 g/mol. The number of nitrogens with zero attached hydrogens (tertiary/aromatic N) is 1. The van der Waals surface area contributed by atoms with Gasteiger partial charge in [0.25, 0.3) is 5.91 Å². The lowest BCUT2D eigenvalue weighted by Gasteiger charge is -2.15. The van der Waals surface area contributed by atoms with Gasteiger partial charge >= 0.3 is 0 Å². The summed E-state index contributed by atoms with van der Waals surface area (Å²) in [5, 5.41) is 14.1. The highest BCUT2D eigenvalue weighted by Gasteiger charge is 2.17. The standard InChI is InChI=1S/C22H17N3O2/c1-14(22(26)25-19-8-4-2-6-15(19)13-23)27-16-10-11-18-17-7-3-5-9-20(17)24-21(18)12-16/h2-12,14,24H,1H3,(H,25,26)/t14-/m1/s1. The second kappa shape index (κ2) is 6.85. The van der Waals surface area contributed by atoms with Gasteiger partial charge in [-0.05, 0) is 37.3 Å². The number of nitrogens with one attached hydrogen (secondary N) is 2. The average Bonchev–Trinajstić information content (AvgIpc) is 3.06. The fourth-order valence-corrected chi connectivity index (χ4v) is 3.09. The zero-order valence-corrected chi connectivity index (χ0v) is 14.7. The molecule has 0 bridgehead atoms. The minimum atomic E-state index is -0.710. The largest absolute Gasteiger partial charge is 0.481 e. The van der Waals surface area contributed by atoms with E-state index in [0.717, 1.165) is 21.8 Å². The molecular weight excluding hydrogens is 338 g/mol. The molecule has 0 saturated carbocycles. The summed E-state index contributed by atoms with van der Waals surface area (Å²) in [6, 6.07) is 22.8. The number of anilines is 1. The molecule has 1 aromatic heterocycles. The molecule has 1 atom stereocenters. The van der Waals surface area contributed by atoms with Gasteiger partial charge in [0.05, 0.1) is 16.8 Å². The van der Waals surface area contributed by atoms with Gasteiger partial charge in [-0.15, -0.1) is 0 Å². The number of carbonyl (C=O) groups is 1. The van der Waals surface area contributed by atoms with E-state index in [2.05, 4.69) is 22.4 Å². The van der Waals surface area contributed by atoms with Crippen LogP contribution in [0.3, 0.4) is 0 Å². The van der Waals surface area contributed by atoms with E-state index in [0.29, 0.717) is 17.0 Å². The Morgan fingerprint density at radius 1 is 1.04 bits per heavy atom. The van der Waals surface area contributed by atoms with Crippen molar-refractivity contribution < 1.29 is 9.53 Å². The van der Waals surface area contributed by atoms with Crippen molar-refractivity contribution in [2.24, 2.45) is 0 Å². The minimum Gasteiger partial charge on any atom is -0.481 e. The number of fused-ring (bicyclic) bond motifs is 3. The Morgan fingerprint density at radius 2 is 1.78 bits per heavy atom. The van der Waals surface area contributed by atoms with E-state index in [1.807, 2.05) is 36.4 Å². The maximum atomic E-state index is 12.4. The molecule has 4 aromatic rings. The number of nitriles is 1.